The summed E-state index contributed by atoms with van der Waals surface area (Å²) >= 11 is 0. The van der Waals surface area contributed by atoms with Gasteiger partial charge in [-0.05, 0) is 81.0 Å². The van der Waals surface area contributed by atoms with Gasteiger partial charge < -0.3 is 5.73 Å². The third-order valence-electron chi connectivity index (χ3n) is 6.90. The Morgan fingerprint density at radius 3 is 1.88 bits per heavy atom. The molecule has 2 N–H and O–H groups in total. The average molecular weight is 580 g/mol. The van der Waals surface area contributed by atoms with E-state index < -0.39 is 0 Å². The van der Waals surface area contributed by atoms with Gasteiger partial charge in [0.25, 0.3) is 0 Å². The Bertz CT molecular complexity index is 834. The molecule has 0 spiro atoms. The second-order valence-corrected chi connectivity index (χ2v) is 11.1. The fourth-order valence-electron chi connectivity index (χ4n) is 4.18. The number of allylic oxidation sites excluding steroid dienone is 9. The molecule has 0 bridgehead atoms. The zero-order valence-corrected chi connectivity index (χ0v) is 30.2. The van der Waals surface area contributed by atoms with Crippen molar-refractivity contribution in [3.63, 3.8) is 0 Å². The van der Waals surface area contributed by atoms with Gasteiger partial charge in [0.1, 0.15) is 0 Å². The summed E-state index contributed by atoms with van der Waals surface area (Å²) in [7, 11) is 0. The van der Waals surface area contributed by atoms with Crippen LogP contribution in [-0.4, -0.2) is 6.54 Å². The number of nitrogens with two attached hydrogens (primary N) is 1. The number of benzene rings is 1. The molecule has 1 rings (SSSR count). The normalized spacial score (nSPS) is 13.0. The van der Waals surface area contributed by atoms with Gasteiger partial charge in [-0.3, -0.25) is 0 Å². The average Bonchev–Trinajstić information content (AvgIpc) is 3.00. The topological polar surface area (TPSA) is 26.0 Å². The van der Waals surface area contributed by atoms with Gasteiger partial charge in [-0.1, -0.05) is 179 Å². The maximum Gasteiger partial charge on any atom is -0.0106 e. The Hall–Kier alpha value is -2.12. The molecular weight excluding hydrogens is 506 g/mol. The zero-order chi connectivity index (χ0) is 32.6. The first-order valence-electron chi connectivity index (χ1n) is 17.4. The minimum atomic E-state index is 0.705. The summed E-state index contributed by atoms with van der Waals surface area (Å²) in [4.78, 5) is 0. The predicted molar refractivity (Wildman–Crippen MR) is 198 cm³/mol. The van der Waals surface area contributed by atoms with Crippen molar-refractivity contribution in [1.29, 1.82) is 0 Å². The molecule has 0 radical (unpaired) electrons. The third kappa shape index (κ3) is 26.8. The first kappa shape index (κ1) is 44.3. The van der Waals surface area contributed by atoms with Gasteiger partial charge in [-0.2, -0.15) is 0 Å². The van der Waals surface area contributed by atoms with E-state index in [-0.39, 0.29) is 0 Å². The van der Waals surface area contributed by atoms with Crippen LogP contribution in [0.25, 0.3) is 5.57 Å². The van der Waals surface area contributed by atoms with E-state index in [1.807, 2.05) is 20.8 Å². The van der Waals surface area contributed by atoms with Crippen LogP contribution in [0.4, 0.5) is 0 Å². The summed E-state index contributed by atoms with van der Waals surface area (Å²) < 4.78 is 0. The van der Waals surface area contributed by atoms with Crippen LogP contribution < -0.4 is 5.73 Å². The summed E-state index contributed by atoms with van der Waals surface area (Å²) in [6.45, 7) is 28.5. The first-order valence-corrected chi connectivity index (χ1v) is 17.4. The van der Waals surface area contributed by atoms with Crippen LogP contribution in [0.2, 0.25) is 0 Å². The predicted octanol–water partition coefficient (Wildman–Crippen LogP) is 13.8. The summed E-state index contributed by atoms with van der Waals surface area (Å²) in [5.74, 6) is 1.54. The van der Waals surface area contributed by atoms with Crippen LogP contribution in [-0.2, 0) is 0 Å². The van der Waals surface area contributed by atoms with Crippen molar-refractivity contribution in [3.8, 4) is 0 Å². The van der Waals surface area contributed by atoms with E-state index in [1.54, 1.807) is 0 Å². The highest BCUT2D eigenvalue weighted by Gasteiger charge is 2.12. The standard InChI is InChI=1S/C27H42.C10H18.C2H7N.C2H6/c1-7-10-11-13-25(16-14-22(4)5)27-20-18-26(19-21-27)24(12-8-2)17-15-23(6)9-3;1-4-6-8-10(3)9-7-5-2;1-2-3;1-2/h13-14,16,18-21,23-24H,4,7-12,15,17H2,1-3,5-6H3;6,8-9H,4-5,7H2,1-3H3;2-3H2,1H3;1-2H3/b16-14-,25-13+;8-6-,10-9-;;. The zero-order valence-electron chi connectivity index (χ0n) is 30.2. The highest BCUT2D eigenvalue weighted by molar-refractivity contribution is 5.74. The Labute approximate surface area is 265 Å². The first-order chi connectivity index (χ1) is 20.2. The van der Waals surface area contributed by atoms with Crippen molar-refractivity contribution in [2.45, 2.75) is 153 Å². The SMILES string of the molecule is C=C(C)/C=C\C(=C/CCCC)c1ccc(C(CCC)CCC(C)CC)cc1.CC.CC/C=C\C(C)=C/CCC.CCN. The van der Waals surface area contributed by atoms with Crippen LogP contribution in [0.3, 0.4) is 0 Å². The monoisotopic (exact) mass is 580 g/mol. The highest BCUT2D eigenvalue weighted by Crippen LogP contribution is 2.30. The molecule has 0 aromatic heterocycles. The van der Waals surface area contributed by atoms with E-state index in [9.17, 15) is 0 Å². The van der Waals surface area contributed by atoms with Gasteiger partial charge >= 0.3 is 0 Å². The lowest BCUT2D eigenvalue weighted by molar-refractivity contribution is 0.445. The number of rotatable bonds is 17. The van der Waals surface area contributed by atoms with E-state index >= 15 is 0 Å². The number of hydrogen-bond donors (Lipinski definition) is 1. The summed E-state index contributed by atoms with van der Waals surface area (Å²) in [5, 5.41) is 0. The molecule has 2 unspecified atom stereocenters. The molecule has 42 heavy (non-hydrogen) atoms. The van der Waals surface area contributed by atoms with Gasteiger partial charge in [0.05, 0.1) is 0 Å². The molecule has 1 aromatic carbocycles. The van der Waals surface area contributed by atoms with Crippen LogP contribution in [0, 0.1) is 5.92 Å². The summed E-state index contributed by atoms with van der Waals surface area (Å²) in [6, 6.07) is 9.38. The lowest BCUT2D eigenvalue weighted by Gasteiger charge is -2.19. The van der Waals surface area contributed by atoms with Crippen molar-refractivity contribution in [2.75, 3.05) is 6.54 Å². The molecule has 1 aromatic rings. The maximum absolute atomic E-state index is 4.85. The van der Waals surface area contributed by atoms with Crippen molar-refractivity contribution in [2.24, 2.45) is 11.7 Å². The molecule has 1 heteroatoms. The van der Waals surface area contributed by atoms with Gasteiger partial charge in [0, 0.05) is 0 Å². The lowest BCUT2D eigenvalue weighted by Crippen LogP contribution is -2.02. The lowest BCUT2D eigenvalue weighted by atomic mass is 9.86. The molecule has 2 atom stereocenters. The molecule has 0 aliphatic carbocycles. The van der Waals surface area contributed by atoms with E-state index in [2.05, 4.69) is 123 Å². The fourth-order valence-corrected chi connectivity index (χ4v) is 4.18. The third-order valence-corrected chi connectivity index (χ3v) is 6.90. The Morgan fingerprint density at radius 1 is 0.786 bits per heavy atom. The molecule has 1 nitrogen and oxygen atoms in total. The van der Waals surface area contributed by atoms with Gasteiger partial charge in [0.2, 0.25) is 0 Å². The molecule has 0 aliphatic heterocycles. The molecule has 0 amide bonds. The summed E-state index contributed by atoms with van der Waals surface area (Å²) in [6.07, 6.45) is 27.1. The fraction of sp³-hybridized carbons (Fsp3) is 0.610. The second-order valence-electron chi connectivity index (χ2n) is 11.1. The van der Waals surface area contributed by atoms with E-state index in [0.717, 1.165) is 30.9 Å². The summed E-state index contributed by atoms with van der Waals surface area (Å²) in [5.41, 5.74) is 11.5. The molecule has 0 saturated carbocycles. The number of hydrogen-bond acceptors (Lipinski definition) is 1. The van der Waals surface area contributed by atoms with Crippen molar-refractivity contribution < 1.29 is 0 Å². The van der Waals surface area contributed by atoms with Crippen LogP contribution in [0.5, 0.6) is 0 Å². The molecule has 0 aliphatic rings. The minimum Gasteiger partial charge on any atom is -0.331 e. The van der Waals surface area contributed by atoms with E-state index in [1.165, 1.54) is 80.1 Å². The van der Waals surface area contributed by atoms with Crippen molar-refractivity contribution in [3.05, 3.63) is 89.6 Å². The van der Waals surface area contributed by atoms with Crippen LogP contribution in [0.1, 0.15) is 164 Å². The van der Waals surface area contributed by atoms with Gasteiger partial charge in [-0.25, -0.2) is 0 Å². The molecule has 0 heterocycles. The Morgan fingerprint density at radius 2 is 1.40 bits per heavy atom. The maximum atomic E-state index is 4.85. The molecular formula is C41H73N. The minimum absolute atomic E-state index is 0.705. The smallest absolute Gasteiger partial charge is 0.0106 e. The largest absolute Gasteiger partial charge is 0.331 e. The molecule has 0 saturated heterocycles. The van der Waals surface area contributed by atoms with E-state index in [0.29, 0.717) is 5.92 Å². The highest BCUT2D eigenvalue weighted by atomic mass is 14.5. The molecule has 0 fully saturated rings. The van der Waals surface area contributed by atoms with Gasteiger partial charge in [-0.15, -0.1) is 0 Å². The van der Waals surface area contributed by atoms with Crippen LogP contribution >= 0.6 is 0 Å². The van der Waals surface area contributed by atoms with E-state index in [4.69, 9.17) is 5.73 Å². The van der Waals surface area contributed by atoms with Crippen LogP contribution in [0.15, 0.2) is 78.4 Å². The Balaban J connectivity index is -0.000000841. The molecule has 242 valence electrons. The quantitative estimate of drug-likeness (QED) is 0.144. The Kier molecular flexibility index (Phi) is 35.2. The van der Waals surface area contributed by atoms with Crippen molar-refractivity contribution >= 4 is 5.57 Å². The van der Waals surface area contributed by atoms with Gasteiger partial charge in [0.15, 0.2) is 0 Å². The second kappa shape index (κ2) is 33.4. The van der Waals surface area contributed by atoms with Crippen molar-refractivity contribution in [1.82, 2.24) is 0 Å². The number of unbranched alkanes of at least 4 members (excludes halogenated alkanes) is 3.